The molecule has 0 radical (unpaired) electrons. The van der Waals surface area contributed by atoms with Crippen LogP contribution in [0, 0.1) is 0 Å². The van der Waals surface area contributed by atoms with Crippen LogP contribution in [0.5, 0.6) is 0 Å². The van der Waals surface area contributed by atoms with E-state index in [0.29, 0.717) is 6.04 Å². The standard InChI is InChI=1S/C14H16BrN3/c15-11-4-6-12(7-5-11)18-10-16-9-14(18)13-3-1-2-8-17-13/h4-7,9-10,13,17H,1-3,8H2. The van der Waals surface area contributed by atoms with E-state index in [0.717, 1.165) is 16.7 Å². The van der Waals surface area contributed by atoms with Crippen LogP contribution in [0.15, 0.2) is 41.3 Å². The highest BCUT2D eigenvalue weighted by molar-refractivity contribution is 9.10. The van der Waals surface area contributed by atoms with Gasteiger partial charge < -0.3 is 9.88 Å². The molecule has 0 spiro atoms. The quantitative estimate of drug-likeness (QED) is 0.921. The first-order valence-electron chi connectivity index (χ1n) is 6.36. The molecule has 1 aliphatic rings. The molecule has 94 valence electrons. The molecule has 18 heavy (non-hydrogen) atoms. The SMILES string of the molecule is Brc1ccc(-n2cncc2C2CCCCN2)cc1. The predicted octanol–water partition coefficient (Wildman–Crippen LogP) is 3.45. The van der Waals surface area contributed by atoms with Crippen LogP contribution < -0.4 is 5.32 Å². The molecule has 1 saturated heterocycles. The highest BCUT2D eigenvalue weighted by Crippen LogP contribution is 2.25. The summed E-state index contributed by atoms with van der Waals surface area (Å²) in [4.78, 5) is 4.31. The number of imidazole rings is 1. The van der Waals surface area contributed by atoms with Gasteiger partial charge in [-0.15, -0.1) is 0 Å². The lowest BCUT2D eigenvalue weighted by Crippen LogP contribution is -2.28. The molecule has 0 bridgehead atoms. The number of piperidine rings is 1. The zero-order valence-electron chi connectivity index (χ0n) is 10.1. The number of rotatable bonds is 2. The Morgan fingerprint density at radius 3 is 2.78 bits per heavy atom. The molecule has 3 rings (SSSR count). The molecule has 1 unspecified atom stereocenters. The Labute approximate surface area is 115 Å². The predicted molar refractivity (Wildman–Crippen MR) is 75.9 cm³/mol. The summed E-state index contributed by atoms with van der Waals surface area (Å²) in [6.45, 7) is 1.11. The Bertz CT molecular complexity index is 512. The Morgan fingerprint density at radius 2 is 2.06 bits per heavy atom. The number of benzene rings is 1. The van der Waals surface area contributed by atoms with Crippen molar-refractivity contribution in [2.45, 2.75) is 25.3 Å². The molecule has 1 aromatic carbocycles. The van der Waals surface area contributed by atoms with Crippen molar-refractivity contribution in [3.8, 4) is 5.69 Å². The smallest absolute Gasteiger partial charge is 0.0994 e. The van der Waals surface area contributed by atoms with E-state index in [2.05, 4.69) is 55.1 Å². The summed E-state index contributed by atoms with van der Waals surface area (Å²) in [6.07, 6.45) is 7.65. The minimum atomic E-state index is 0.435. The normalized spacial score (nSPS) is 19.9. The van der Waals surface area contributed by atoms with E-state index in [1.807, 2.05) is 12.5 Å². The first kappa shape index (κ1) is 11.9. The Hall–Kier alpha value is -1.13. The van der Waals surface area contributed by atoms with Gasteiger partial charge in [0.1, 0.15) is 0 Å². The van der Waals surface area contributed by atoms with E-state index in [1.165, 1.54) is 25.0 Å². The van der Waals surface area contributed by atoms with Crippen molar-refractivity contribution in [1.82, 2.24) is 14.9 Å². The van der Waals surface area contributed by atoms with Gasteiger partial charge in [0.05, 0.1) is 18.2 Å². The van der Waals surface area contributed by atoms with Gasteiger partial charge in [0, 0.05) is 16.2 Å². The second kappa shape index (κ2) is 5.24. The molecule has 0 amide bonds. The van der Waals surface area contributed by atoms with E-state index in [-0.39, 0.29) is 0 Å². The number of aromatic nitrogens is 2. The fraction of sp³-hybridized carbons (Fsp3) is 0.357. The monoisotopic (exact) mass is 305 g/mol. The summed E-state index contributed by atoms with van der Waals surface area (Å²) in [5, 5.41) is 3.57. The molecule has 4 heteroatoms. The average Bonchev–Trinajstić information content (AvgIpc) is 2.90. The van der Waals surface area contributed by atoms with Gasteiger partial charge in [-0.3, -0.25) is 0 Å². The lowest BCUT2D eigenvalue weighted by Gasteiger charge is -2.24. The van der Waals surface area contributed by atoms with Crippen LogP contribution in [-0.2, 0) is 0 Å². The van der Waals surface area contributed by atoms with Crippen molar-refractivity contribution in [1.29, 1.82) is 0 Å². The van der Waals surface area contributed by atoms with Gasteiger partial charge in [-0.25, -0.2) is 4.98 Å². The van der Waals surface area contributed by atoms with Crippen LogP contribution in [0.4, 0.5) is 0 Å². The van der Waals surface area contributed by atoms with Crippen molar-refractivity contribution in [3.05, 3.63) is 47.0 Å². The van der Waals surface area contributed by atoms with Crippen molar-refractivity contribution in [2.75, 3.05) is 6.54 Å². The maximum atomic E-state index is 4.31. The first-order valence-corrected chi connectivity index (χ1v) is 7.15. The summed E-state index contributed by atoms with van der Waals surface area (Å²) in [7, 11) is 0. The summed E-state index contributed by atoms with van der Waals surface area (Å²) < 4.78 is 3.28. The van der Waals surface area contributed by atoms with Crippen molar-refractivity contribution >= 4 is 15.9 Å². The van der Waals surface area contributed by atoms with E-state index in [9.17, 15) is 0 Å². The van der Waals surface area contributed by atoms with Crippen molar-refractivity contribution in [2.24, 2.45) is 0 Å². The summed E-state index contributed by atoms with van der Waals surface area (Å²) in [5.74, 6) is 0. The van der Waals surface area contributed by atoms with E-state index in [1.54, 1.807) is 0 Å². The second-order valence-electron chi connectivity index (χ2n) is 4.67. The fourth-order valence-electron chi connectivity index (χ4n) is 2.48. The van der Waals surface area contributed by atoms with E-state index in [4.69, 9.17) is 0 Å². The second-order valence-corrected chi connectivity index (χ2v) is 5.58. The molecule has 1 aromatic heterocycles. The van der Waals surface area contributed by atoms with Crippen molar-refractivity contribution < 1.29 is 0 Å². The maximum absolute atomic E-state index is 4.31. The molecule has 0 saturated carbocycles. The summed E-state index contributed by atoms with van der Waals surface area (Å²) in [6, 6.07) is 8.78. The molecule has 2 heterocycles. The molecule has 1 fully saturated rings. The highest BCUT2D eigenvalue weighted by atomic mass is 79.9. The zero-order valence-corrected chi connectivity index (χ0v) is 11.7. The molecular weight excluding hydrogens is 290 g/mol. The third-order valence-electron chi connectivity index (χ3n) is 3.44. The van der Waals surface area contributed by atoms with Gasteiger partial charge in [0.2, 0.25) is 0 Å². The minimum Gasteiger partial charge on any atom is -0.309 e. The Kier molecular flexibility index (Phi) is 3.48. The highest BCUT2D eigenvalue weighted by Gasteiger charge is 2.18. The third kappa shape index (κ3) is 2.35. The topological polar surface area (TPSA) is 29.9 Å². The van der Waals surface area contributed by atoms with E-state index >= 15 is 0 Å². The average molecular weight is 306 g/mol. The van der Waals surface area contributed by atoms with Gasteiger partial charge >= 0.3 is 0 Å². The number of halogens is 1. The molecule has 1 atom stereocenters. The number of hydrogen-bond acceptors (Lipinski definition) is 2. The zero-order chi connectivity index (χ0) is 12.4. The lowest BCUT2D eigenvalue weighted by atomic mass is 10.0. The van der Waals surface area contributed by atoms with Gasteiger partial charge in [-0.1, -0.05) is 22.4 Å². The minimum absolute atomic E-state index is 0.435. The van der Waals surface area contributed by atoms with E-state index < -0.39 is 0 Å². The lowest BCUT2D eigenvalue weighted by molar-refractivity contribution is 0.402. The molecule has 1 aliphatic heterocycles. The van der Waals surface area contributed by atoms with Crippen LogP contribution in [0.25, 0.3) is 5.69 Å². The van der Waals surface area contributed by atoms with Gasteiger partial charge in [-0.2, -0.15) is 0 Å². The Balaban J connectivity index is 1.93. The van der Waals surface area contributed by atoms with Crippen LogP contribution >= 0.6 is 15.9 Å². The van der Waals surface area contributed by atoms with Gasteiger partial charge in [0.25, 0.3) is 0 Å². The largest absolute Gasteiger partial charge is 0.309 e. The van der Waals surface area contributed by atoms with Gasteiger partial charge in [0.15, 0.2) is 0 Å². The number of nitrogens with zero attached hydrogens (tertiary/aromatic N) is 2. The molecule has 3 nitrogen and oxygen atoms in total. The van der Waals surface area contributed by atoms with Crippen LogP contribution in [-0.4, -0.2) is 16.1 Å². The van der Waals surface area contributed by atoms with Crippen LogP contribution in [0.2, 0.25) is 0 Å². The molecular formula is C14H16BrN3. The molecule has 1 N–H and O–H groups in total. The third-order valence-corrected chi connectivity index (χ3v) is 3.97. The Morgan fingerprint density at radius 1 is 1.22 bits per heavy atom. The van der Waals surface area contributed by atoms with Crippen LogP contribution in [0.1, 0.15) is 31.0 Å². The van der Waals surface area contributed by atoms with Crippen molar-refractivity contribution in [3.63, 3.8) is 0 Å². The molecule has 0 aliphatic carbocycles. The van der Waals surface area contributed by atoms with Gasteiger partial charge in [-0.05, 0) is 43.7 Å². The fourth-order valence-corrected chi connectivity index (χ4v) is 2.75. The summed E-state index contributed by atoms with van der Waals surface area (Å²) in [5.41, 5.74) is 2.43. The number of hydrogen-bond donors (Lipinski definition) is 1. The molecule has 2 aromatic rings. The first-order chi connectivity index (χ1) is 8.84. The summed E-state index contributed by atoms with van der Waals surface area (Å²) >= 11 is 3.47. The van der Waals surface area contributed by atoms with Crippen LogP contribution in [0.3, 0.4) is 0 Å². The number of nitrogens with one attached hydrogen (secondary N) is 1. The maximum Gasteiger partial charge on any atom is 0.0994 e.